The molecule has 0 radical (unpaired) electrons. The fourth-order valence-corrected chi connectivity index (χ4v) is 4.92. The summed E-state index contributed by atoms with van der Waals surface area (Å²) >= 11 is 0. The zero-order valence-electron chi connectivity index (χ0n) is 19.7. The molecule has 8 heteroatoms. The number of carboxylic acid groups (broad SMARTS) is 1. The number of carbonyl (C=O) groups is 3. The fraction of sp³-hybridized carbons (Fsp3) is 0.444. The quantitative estimate of drug-likeness (QED) is 0.473. The summed E-state index contributed by atoms with van der Waals surface area (Å²) in [6, 6.07) is 16.4. The molecule has 2 aliphatic rings. The summed E-state index contributed by atoms with van der Waals surface area (Å²) in [6.45, 7) is 1.26. The van der Waals surface area contributed by atoms with Gasteiger partial charge < -0.3 is 25.2 Å². The highest BCUT2D eigenvalue weighted by Gasteiger charge is 2.40. The minimum absolute atomic E-state index is 0.0260. The second kappa shape index (κ2) is 10.9. The van der Waals surface area contributed by atoms with Crippen molar-refractivity contribution in [1.82, 2.24) is 10.2 Å². The topological polar surface area (TPSA) is 116 Å². The number of piperidine rings is 1. The molecule has 1 aliphatic carbocycles. The second-order valence-corrected chi connectivity index (χ2v) is 9.28. The van der Waals surface area contributed by atoms with Crippen molar-refractivity contribution >= 4 is 18.0 Å². The average Bonchev–Trinajstić information content (AvgIpc) is 3.18. The Morgan fingerprint density at radius 2 is 1.54 bits per heavy atom. The summed E-state index contributed by atoms with van der Waals surface area (Å²) in [7, 11) is 0. The van der Waals surface area contributed by atoms with E-state index in [9.17, 15) is 19.5 Å². The third-order valence-electron chi connectivity index (χ3n) is 7.02. The third-order valence-corrected chi connectivity index (χ3v) is 7.02. The van der Waals surface area contributed by atoms with Crippen LogP contribution in [0.15, 0.2) is 48.5 Å². The first kappa shape index (κ1) is 24.7. The summed E-state index contributed by atoms with van der Waals surface area (Å²) < 4.78 is 5.52. The molecular weight excluding hydrogens is 448 g/mol. The van der Waals surface area contributed by atoms with Gasteiger partial charge in [-0.2, -0.15) is 0 Å². The Labute approximate surface area is 204 Å². The molecule has 2 amide bonds. The molecule has 0 spiro atoms. The predicted molar refractivity (Wildman–Crippen MR) is 130 cm³/mol. The van der Waals surface area contributed by atoms with E-state index in [1.54, 1.807) is 4.90 Å². The number of likely N-dealkylation sites (tertiary alicyclic amines) is 1. The van der Waals surface area contributed by atoms with Crippen LogP contribution in [0.25, 0.3) is 11.1 Å². The lowest BCUT2D eigenvalue weighted by atomic mass is 9.91. The summed E-state index contributed by atoms with van der Waals surface area (Å²) in [5.41, 5.74) is 3.00. The minimum atomic E-state index is -1.72. The SMILES string of the molecule is O=C(NCCCCCC(=O)N1CCC(O)(C(=O)O)CC1)OCC1c2ccccc2-c2ccccc21. The van der Waals surface area contributed by atoms with Gasteiger partial charge in [-0.15, -0.1) is 0 Å². The van der Waals surface area contributed by atoms with Gasteiger partial charge in [-0.25, -0.2) is 9.59 Å². The van der Waals surface area contributed by atoms with Gasteiger partial charge in [-0.1, -0.05) is 55.0 Å². The maximum absolute atomic E-state index is 12.3. The van der Waals surface area contributed by atoms with E-state index in [2.05, 4.69) is 29.6 Å². The van der Waals surface area contributed by atoms with E-state index >= 15 is 0 Å². The molecule has 1 aliphatic heterocycles. The van der Waals surface area contributed by atoms with Crippen molar-refractivity contribution in [3.63, 3.8) is 0 Å². The summed E-state index contributed by atoms with van der Waals surface area (Å²) in [4.78, 5) is 37.2. The van der Waals surface area contributed by atoms with Crippen LogP contribution in [0.5, 0.6) is 0 Å². The molecule has 2 aromatic rings. The average molecular weight is 481 g/mol. The van der Waals surface area contributed by atoms with Crippen LogP contribution >= 0.6 is 0 Å². The van der Waals surface area contributed by atoms with Crippen LogP contribution in [0.4, 0.5) is 4.79 Å². The number of alkyl carbamates (subject to hydrolysis) is 1. The Bertz CT molecular complexity index is 1030. The number of hydrogen-bond donors (Lipinski definition) is 3. The number of nitrogens with one attached hydrogen (secondary N) is 1. The molecule has 0 unspecified atom stereocenters. The van der Waals surface area contributed by atoms with Gasteiger partial charge in [0.25, 0.3) is 0 Å². The van der Waals surface area contributed by atoms with Crippen LogP contribution in [0.1, 0.15) is 55.6 Å². The van der Waals surface area contributed by atoms with E-state index < -0.39 is 17.7 Å². The van der Waals surface area contributed by atoms with Crippen LogP contribution in [-0.4, -0.2) is 64.9 Å². The standard InChI is InChI=1S/C27H32N2O6/c30-24(29-16-13-27(34,14-17-29)25(31)32)12-2-1-7-15-28-26(33)35-18-23-21-10-5-3-8-19(21)20-9-4-6-11-22(20)23/h3-6,8-11,23,34H,1-2,7,12-18H2,(H,28,33)(H,31,32). The van der Waals surface area contributed by atoms with E-state index in [1.165, 1.54) is 22.3 Å². The van der Waals surface area contributed by atoms with Gasteiger partial charge in [-0.05, 0) is 35.1 Å². The molecule has 0 saturated carbocycles. The molecule has 35 heavy (non-hydrogen) atoms. The number of benzene rings is 2. The number of aliphatic carboxylic acids is 1. The number of nitrogens with zero attached hydrogens (tertiary/aromatic N) is 1. The lowest BCUT2D eigenvalue weighted by Gasteiger charge is -2.35. The lowest BCUT2D eigenvalue weighted by molar-refractivity contribution is -0.165. The second-order valence-electron chi connectivity index (χ2n) is 9.28. The molecule has 1 heterocycles. The van der Waals surface area contributed by atoms with Crippen LogP contribution in [0.2, 0.25) is 0 Å². The van der Waals surface area contributed by atoms with E-state index in [-0.39, 0.29) is 44.4 Å². The normalized spacial score (nSPS) is 16.3. The number of unbranched alkanes of at least 4 members (excludes halogenated alkanes) is 2. The van der Waals surface area contributed by atoms with Crippen molar-refractivity contribution < 1.29 is 29.3 Å². The Balaban J connectivity index is 1.12. The number of carboxylic acids is 1. The minimum Gasteiger partial charge on any atom is -0.479 e. The van der Waals surface area contributed by atoms with E-state index in [0.29, 0.717) is 19.4 Å². The van der Waals surface area contributed by atoms with Crippen LogP contribution in [0, 0.1) is 0 Å². The van der Waals surface area contributed by atoms with Crippen molar-refractivity contribution in [2.75, 3.05) is 26.2 Å². The largest absolute Gasteiger partial charge is 0.479 e. The van der Waals surface area contributed by atoms with Crippen molar-refractivity contribution in [3.05, 3.63) is 59.7 Å². The maximum Gasteiger partial charge on any atom is 0.407 e. The van der Waals surface area contributed by atoms with Crippen molar-refractivity contribution in [1.29, 1.82) is 0 Å². The number of amides is 2. The third kappa shape index (κ3) is 5.65. The summed E-state index contributed by atoms with van der Waals surface area (Å²) in [5, 5.41) is 21.8. The number of rotatable bonds is 9. The zero-order chi connectivity index (χ0) is 24.8. The van der Waals surface area contributed by atoms with E-state index in [1.807, 2.05) is 24.3 Å². The smallest absolute Gasteiger partial charge is 0.407 e. The molecule has 2 aromatic carbocycles. The highest BCUT2D eigenvalue weighted by Crippen LogP contribution is 2.44. The van der Waals surface area contributed by atoms with Gasteiger partial charge in [0.2, 0.25) is 5.91 Å². The van der Waals surface area contributed by atoms with Gasteiger partial charge in [0.15, 0.2) is 5.60 Å². The molecule has 0 bridgehead atoms. The number of hydrogen-bond acceptors (Lipinski definition) is 5. The van der Waals surface area contributed by atoms with Crippen LogP contribution in [0.3, 0.4) is 0 Å². The van der Waals surface area contributed by atoms with Crippen molar-refractivity contribution in [2.45, 2.75) is 50.0 Å². The van der Waals surface area contributed by atoms with Crippen molar-refractivity contribution in [3.8, 4) is 11.1 Å². The Hall–Kier alpha value is -3.39. The van der Waals surface area contributed by atoms with Gasteiger partial charge in [0.05, 0.1) is 0 Å². The molecule has 8 nitrogen and oxygen atoms in total. The molecule has 4 rings (SSSR count). The van der Waals surface area contributed by atoms with Gasteiger partial charge in [0, 0.05) is 44.8 Å². The summed E-state index contributed by atoms with van der Waals surface area (Å²) in [6.07, 6.45) is 2.23. The highest BCUT2D eigenvalue weighted by atomic mass is 16.5. The van der Waals surface area contributed by atoms with Crippen LogP contribution in [-0.2, 0) is 14.3 Å². The Kier molecular flexibility index (Phi) is 7.70. The highest BCUT2D eigenvalue weighted by molar-refractivity contribution is 5.80. The fourth-order valence-electron chi connectivity index (χ4n) is 4.92. The number of fused-ring (bicyclic) bond motifs is 3. The number of carbonyl (C=O) groups excluding carboxylic acids is 2. The first-order valence-electron chi connectivity index (χ1n) is 12.2. The lowest BCUT2D eigenvalue weighted by Crippen LogP contribution is -2.50. The van der Waals surface area contributed by atoms with Gasteiger partial charge in [0.1, 0.15) is 6.61 Å². The van der Waals surface area contributed by atoms with Crippen molar-refractivity contribution in [2.24, 2.45) is 0 Å². The maximum atomic E-state index is 12.3. The zero-order valence-corrected chi connectivity index (χ0v) is 19.7. The molecule has 3 N–H and O–H groups in total. The molecular formula is C27H32N2O6. The molecule has 1 fully saturated rings. The monoisotopic (exact) mass is 480 g/mol. The number of aliphatic hydroxyl groups is 1. The first-order valence-corrected chi connectivity index (χ1v) is 12.2. The van der Waals surface area contributed by atoms with E-state index in [4.69, 9.17) is 9.84 Å². The number of ether oxygens (including phenoxy) is 1. The first-order chi connectivity index (χ1) is 16.9. The van der Waals surface area contributed by atoms with Gasteiger partial charge >= 0.3 is 12.1 Å². The van der Waals surface area contributed by atoms with Gasteiger partial charge in [-0.3, -0.25) is 4.79 Å². The Morgan fingerprint density at radius 3 is 2.14 bits per heavy atom. The molecule has 0 atom stereocenters. The molecule has 186 valence electrons. The van der Waals surface area contributed by atoms with Crippen LogP contribution < -0.4 is 5.32 Å². The summed E-state index contributed by atoms with van der Waals surface area (Å²) in [5.74, 6) is -1.23. The predicted octanol–water partition coefficient (Wildman–Crippen LogP) is 3.52. The molecule has 0 aromatic heterocycles. The Morgan fingerprint density at radius 1 is 0.943 bits per heavy atom. The van der Waals surface area contributed by atoms with E-state index in [0.717, 1.165) is 12.8 Å². The molecule has 1 saturated heterocycles.